The van der Waals surface area contributed by atoms with E-state index in [0.717, 1.165) is 116 Å². The van der Waals surface area contributed by atoms with Crippen molar-refractivity contribution in [2.75, 3.05) is 40.9 Å². The first-order valence-corrected chi connectivity index (χ1v) is 31.5. The first-order chi connectivity index (χ1) is 36.5. The number of carbonyl (C=O) groups is 1. The van der Waals surface area contributed by atoms with Crippen LogP contribution in [0.4, 0.5) is 0 Å². The van der Waals surface area contributed by atoms with Crippen molar-refractivity contribution in [3.8, 4) is 0 Å². The monoisotopic (exact) mass is 1060 g/mol. The number of quaternary nitrogens is 1. The van der Waals surface area contributed by atoms with E-state index in [1.54, 1.807) is 6.08 Å². The second-order valence-electron chi connectivity index (χ2n) is 21.0. The number of rotatable bonds is 53. The number of carbonyl (C=O) groups excluding carboxylic acids is 1. The van der Waals surface area contributed by atoms with Gasteiger partial charge in [-0.25, -0.2) is 0 Å². The van der Waals surface area contributed by atoms with E-state index in [0.29, 0.717) is 17.4 Å². The predicted octanol–water partition coefficient (Wildman–Crippen LogP) is 18.1. The molecule has 9 heteroatoms. The molecule has 0 rings (SSSR count). The van der Waals surface area contributed by atoms with Crippen LogP contribution in [0, 0.1) is 0 Å². The van der Waals surface area contributed by atoms with E-state index in [2.05, 4.69) is 141 Å². The Morgan fingerprint density at radius 3 is 1.19 bits per heavy atom. The molecule has 0 spiro atoms. The topological polar surface area (TPSA) is 108 Å². The minimum Gasteiger partial charge on any atom is -0.756 e. The van der Waals surface area contributed by atoms with Gasteiger partial charge in [0.1, 0.15) is 13.2 Å². The second kappa shape index (κ2) is 55.4. The zero-order valence-corrected chi connectivity index (χ0v) is 49.6. The van der Waals surface area contributed by atoms with E-state index in [-0.39, 0.29) is 12.5 Å². The van der Waals surface area contributed by atoms with Crippen molar-refractivity contribution in [2.24, 2.45) is 0 Å². The molecule has 0 fully saturated rings. The summed E-state index contributed by atoms with van der Waals surface area (Å²) < 4.78 is 23.3. The standard InChI is InChI=1S/C66H113N2O6P/c1-6-8-10-12-14-16-18-20-22-24-26-27-28-29-30-31-32-33-34-35-36-37-38-39-40-41-42-44-46-48-50-52-54-56-58-60-66(70)67-64(63-74-75(71,72)73-62-61-68(3,4)5)65(69)59-57-55-53-51-49-47-45-43-25-23-21-19-17-15-13-11-9-7-2/h8,10,14,16,20,22,26-27,29-30,32-33,35-36,38-39,41-42,46,48,57,59,64-65,69H,6-7,9,11-13,15,17-19,21,23-25,28,31,34,37,40,43-45,47,49-56,58,60-63H2,1-5H3,(H-,67,70,71,72)/b10-8-,16-14-,22-20-,27-26-,30-29-,33-32-,36-35-,39-38-,42-41-,48-46-,59-57+. The molecule has 0 saturated carbocycles. The number of unbranched alkanes of at least 4 members (excludes halogenated alkanes) is 20. The van der Waals surface area contributed by atoms with Crippen molar-refractivity contribution in [1.82, 2.24) is 5.32 Å². The summed E-state index contributed by atoms with van der Waals surface area (Å²) in [6.07, 6.45) is 83.8. The van der Waals surface area contributed by atoms with Crippen LogP contribution in [0.25, 0.3) is 0 Å². The number of nitrogens with one attached hydrogen (secondary N) is 1. The largest absolute Gasteiger partial charge is 0.756 e. The molecule has 3 atom stereocenters. The third-order valence-corrected chi connectivity index (χ3v) is 13.6. The summed E-state index contributed by atoms with van der Waals surface area (Å²) in [5, 5.41) is 13.9. The maximum atomic E-state index is 13.0. The molecule has 0 aliphatic rings. The number of hydrogen-bond donors (Lipinski definition) is 2. The fourth-order valence-corrected chi connectivity index (χ4v) is 8.67. The van der Waals surface area contributed by atoms with Gasteiger partial charge >= 0.3 is 0 Å². The number of phosphoric ester groups is 1. The average Bonchev–Trinajstić information content (AvgIpc) is 3.37. The molecular formula is C66H113N2O6P. The quantitative estimate of drug-likeness (QED) is 0.0272. The van der Waals surface area contributed by atoms with E-state index in [1.807, 2.05) is 27.2 Å². The smallest absolute Gasteiger partial charge is 0.268 e. The van der Waals surface area contributed by atoms with Crippen molar-refractivity contribution in [1.29, 1.82) is 0 Å². The van der Waals surface area contributed by atoms with E-state index >= 15 is 0 Å². The van der Waals surface area contributed by atoms with E-state index in [1.165, 1.54) is 89.9 Å². The van der Waals surface area contributed by atoms with Crippen LogP contribution in [0.15, 0.2) is 134 Å². The maximum Gasteiger partial charge on any atom is 0.268 e. The van der Waals surface area contributed by atoms with E-state index < -0.39 is 26.6 Å². The zero-order valence-electron chi connectivity index (χ0n) is 48.7. The first-order valence-electron chi connectivity index (χ1n) is 30.0. The van der Waals surface area contributed by atoms with Crippen LogP contribution in [0.3, 0.4) is 0 Å². The third-order valence-electron chi connectivity index (χ3n) is 12.6. The SMILES string of the molecule is CC/C=C\C/C=C\C/C=C\C/C=C\C/C=C\C/C=C\C/C=C\C/C=C\C/C=C\C/C=C\CCCCCCC(=O)NC(COP(=O)([O-])OCC[N+](C)(C)C)C(O)/C=C/CCCCCCCCCCCCCCCCCC. The summed E-state index contributed by atoms with van der Waals surface area (Å²) in [5.41, 5.74) is 0. The van der Waals surface area contributed by atoms with Crippen molar-refractivity contribution < 1.29 is 32.9 Å². The van der Waals surface area contributed by atoms with Crippen LogP contribution in [0.5, 0.6) is 0 Å². The highest BCUT2D eigenvalue weighted by Gasteiger charge is 2.23. The average molecular weight is 1060 g/mol. The summed E-state index contributed by atoms with van der Waals surface area (Å²) in [5.74, 6) is -0.227. The highest BCUT2D eigenvalue weighted by molar-refractivity contribution is 7.45. The highest BCUT2D eigenvalue weighted by Crippen LogP contribution is 2.38. The summed E-state index contributed by atoms with van der Waals surface area (Å²) in [4.78, 5) is 25.5. The number of aliphatic hydroxyl groups is 1. The minimum absolute atomic E-state index is 0.0134. The van der Waals surface area contributed by atoms with Gasteiger partial charge in [-0.05, 0) is 96.3 Å². The van der Waals surface area contributed by atoms with Crippen molar-refractivity contribution >= 4 is 13.7 Å². The molecule has 75 heavy (non-hydrogen) atoms. The predicted molar refractivity (Wildman–Crippen MR) is 325 cm³/mol. The normalized spacial score (nSPS) is 14.8. The molecule has 0 radical (unpaired) electrons. The van der Waals surface area contributed by atoms with Gasteiger partial charge in [-0.15, -0.1) is 0 Å². The zero-order chi connectivity index (χ0) is 54.9. The van der Waals surface area contributed by atoms with Gasteiger partial charge in [0, 0.05) is 6.42 Å². The van der Waals surface area contributed by atoms with Gasteiger partial charge in [-0.2, -0.15) is 0 Å². The number of hydrogen-bond acceptors (Lipinski definition) is 6. The van der Waals surface area contributed by atoms with Crippen LogP contribution >= 0.6 is 7.82 Å². The Balaban J connectivity index is 4.28. The third kappa shape index (κ3) is 58.2. The molecule has 0 bridgehead atoms. The van der Waals surface area contributed by atoms with Gasteiger partial charge in [0.05, 0.1) is 39.9 Å². The summed E-state index contributed by atoms with van der Waals surface area (Å²) in [6.45, 7) is 4.51. The Hall–Kier alpha value is -3.36. The van der Waals surface area contributed by atoms with Crippen LogP contribution < -0.4 is 10.2 Å². The number of phosphoric acid groups is 1. The first kappa shape index (κ1) is 71.6. The molecule has 1 amide bonds. The molecule has 0 heterocycles. The van der Waals surface area contributed by atoms with Crippen LogP contribution in [0.2, 0.25) is 0 Å². The Morgan fingerprint density at radius 2 is 0.813 bits per heavy atom. The molecule has 428 valence electrons. The lowest BCUT2D eigenvalue weighted by atomic mass is 10.0. The van der Waals surface area contributed by atoms with Crippen LogP contribution in [0.1, 0.15) is 226 Å². The number of aliphatic hydroxyl groups excluding tert-OH is 1. The van der Waals surface area contributed by atoms with E-state index in [9.17, 15) is 19.4 Å². The lowest BCUT2D eigenvalue weighted by Crippen LogP contribution is -2.45. The van der Waals surface area contributed by atoms with Gasteiger partial charge in [-0.1, -0.05) is 257 Å². The highest BCUT2D eigenvalue weighted by atomic mass is 31.2. The lowest BCUT2D eigenvalue weighted by molar-refractivity contribution is -0.870. The molecule has 0 aliphatic heterocycles. The molecule has 2 N–H and O–H groups in total. The molecular weight excluding hydrogens is 948 g/mol. The Kier molecular flexibility index (Phi) is 52.9. The van der Waals surface area contributed by atoms with Crippen LogP contribution in [-0.2, 0) is 18.4 Å². The Bertz CT molecular complexity index is 1680. The Labute approximate surface area is 462 Å². The summed E-state index contributed by atoms with van der Waals surface area (Å²) in [6, 6.07) is -0.911. The van der Waals surface area contributed by atoms with Gasteiger partial charge in [0.2, 0.25) is 5.91 Å². The molecule has 0 aliphatic carbocycles. The molecule has 0 aromatic rings. The molecule has 8 nitrogen and oxygen atoms in total. The summed E-state index contributed by atoms with van der Waals surface area (Å²) >= 11 is 0. The second-order valence-corrected chi connectivity index (χ2v) is 22.4. The molecule has 3 unspecified atom stereocenters. The Morgan fingerprint density at radius 1 is 0.480 bits per heavy atom. The van der Waals surface area contributed by atoms with Crippen molar-refractivity contribution in [2.45, 2.75) is 238 Å². The fraction of sp³-hybridized carbons (Fsp3) is 0.652. The fourth-order valence-electron chi connectivity index (χ4n) is 7.94. The van der Waals surface area contributed by atoms with E-state index in [4.69, 9.17) is 9.05 Å². The number of nitrogens with zero attached hydrogens (tertiary/aromatic N) is 1. The van der Waals surface area contributed by atoms with Gasteiger partial charge < -0.3 is 28.8 Å². The number of allylic oxidation sites excluding steroid dienone is 21. The molecule has 0 aromatic carbocycles. The van der Waals surface area contributed by atoms with Gasteiger partial charge in [0.25, 0.3) is 7.82 Å². The maximum absolute atomic E-state index is 13.0. The lowest BCUT2D eigenvalue weighted by Gasteiger charge is -2.29. The molecule has 0 saturated heterocycles. The molecule has 0 aromatic heterocycles. The van der Waals surface area contributed by atoms with Crippen molar-refractivity contribution in [3.05, 3.63) is 134 Å². The van der Waals surface area contributed by atoms with Crippen molar-refractivity contribution in [3.63, 3.8) is 0 Å². The number of amides is 1. The van der Waals surface area contributed by atoms with Crippen LogP contribution in [-0.4, -0.2) is 68.5 Å². The minimum atomic E-state index is -4.61. The number of likely N-dealkylation sites (N-methyl/N-ethyl adjacent to an activating group) is 1. The van der Waals surface area contributed by atoms with Gasteiger partial charge in [0.15, 0.2) is 0 Å². The summed E-state index contributed by atoms with van der Waals surface area (Å²) in [7, 11) is 1.22. The van der Waals surface area contributed by atoms with Gasteiger partial charge in [-0.3, -0.25) is 9.36 Å².